The van der Waals surface area contributed by atoms with Gasteiger partial charge in [0.15, 0.2) is 0 Å². The van der Waals surface area contributed by atoms with Crippen LogP contribution in [0.25, 0.3) is 0 Å². The molecule has 2 rings (SSSR count). The van der Waals surface area contributed by atoms with Gasteiger partial charge in [0.05, 0.1) is 0 Å². The molecule has 1 heterocycles. The zero-order chi connectivity index (χ0) is 12.8. The minimum Gasteiger partial charge on any atom is -0.474 e. The molecule has 0 bridgehead atoms. The van der Waals surface area contributed by atoms with Crippen molar-refractivity contribution in [3.63, 3.8) is 0 Å². The SMILES string of the molecule is CCCNc1cccc(OC2CCCCC2C)n1. The third kappa shape index (κ3) is 3.62. The molecule has 0 radical (unpaired) electrons. The minimum absolute atomic E-state index is 0.340. The normalized spacial score (nSPS) is 23.7. The Labute approximate surface area is 110 Å². The molecule has 2 unspecified atom stereocenters. The van der Waals surface area contributed by atoms with Crippen LogP contribution in [0.5, 0.6) is 5.88 Å². The second-order valence-corrected chi connectivity index (χ2v) is 5.21. The second-order valence-electron chi connectivity index (χ2n) is 5.21. The molecule has 1 aliphatic rings. The summed E-state index contributed by atoms with van der Waals surface area (Å²) in [4.78, 5) is 4.51. The molecular formula is C15H24N2O. The van der Waals surface area contributed by atoms with Gasteiger partial charge in [-0.05, 0) is 37.7 Å². The van der Waals surface area contributed by atoms with Gasteiger partial charge in [0, 0.05) is 12.6 Å². The topological polar surface area (TPSA) is 34.1 Å². The van der Waals surface area contributed by atoms with Gasteiger partial charge in [-0.15, -0.1) is 0 Å². The predicted molar refractivity (Wildman–Crippen MR) is 75.1 cm³/mol. The van der Waals surface area contributed by atoms with E-state index in [2.05, 4.69) is 24.1 Å². The van der Waals surface area contributed by atoms with Crippen molar-refractivity contribution in [3.8, 4) is 5.88 Å². The molecule has 1 saturated carbocycles. The van der Waals surface area contributed by atoms with Gasteiger partial charge in [0.25, 0.3) is 0 Å². The quantitative estimate of drug-likeness (QED) is 0.859. The third-order valence-electron chi connectivity index (χ3n) is 3.58. The molecule has 1 aliphatic carbocycles. The van der Waals surface area contributed by atoms with E-state index in [0.29, 0.717) is 12.0 Å². The molecule has 0 aromatic carbocycles. The van der Waals surface area contributed by atoms with Gasteiger partial charge in [0.1, 0.15) is 11.9 Å². The fourth-order valence-corrected chi connectivity index (χ4v) is 2.44. The van der Waals surface area contributed by atoms with Crippen LogP contribution in [0.2, 0.25) is 0 Å². The van der Waals surface area contributed by atoms with Gasteiger partial charge in [-0.25, -0.2) is 0 Å². The Morgan fingerprint density at radius 2 is 2.17 bits per heavy atom. The van der Waals surface area contributed by atoms with Crippen LogP contribution < -0.4 is 10.1 Å². The van der Waals surface area contributed by atoms with Crippen molar-refractivity contribution in [2.24, 2.45) is 5.92 Å². The predicted octanol–water partition coefficient (Wildman–Crippen LogP) is 3.86. The Kier molecular flexibility index (Phi) is 4.85. The van der Waals surface area contributed by atoms with E-state index in [1.807, 2.05) is 18.2 Å². The van der Waals surface area contributed by atoms with Crippen LogP contribution in [0.15, 0.2) is 18.2 Å². The third-order valence-corrected chi connectivity index (χ3v) is 3.58. The standard InChI is InChI=1S/C15H24N2O/c1-3-11-16-14-9-6-10-15(17-14)18-13-8-5-4-7-12(13)2/h6,9-10,12-13H,3-5,7-8,11H2,1-2H3,(H,16,17). The summed E-state index contributed by atoms with van der Waals surface area (Å²) in [5.41, 5.74) is 0. The van der Waals surface area contributed by atoms with Crippen LogP contribution in [0.4, 0.5) is 5.82 Å². The smallest absolute Gasteiger partial charge is 0.215 e. The summed E-state index contributed by atoms with van der Waals surface area (Å²) in [5, 5.41) is 3.29. The number of rotatable bonds is 5. The van der Waals surface area contributed by atoms with Crippen molar-refractivity contribution < 1.29 is 4.74 Å². The number of nitrogens with one attached hydrogen (secondary N) is 1. The maximum Gasteiger partial charge on any atom is 0.215 e. The maximum atomic E-state index is 6.04. The van der Waals surface area contributed by atoms with Gasteiger partial charge in [-0.2, -0.15) is 4.98 Å². The molecule has 1 N–H and O–H groups in total. The number of hydrogen-bond acceptors (Lipinski definition) is 3. The largest absolute Gasteiger partial charge is 0.474 e. The average Bonchev–Trinajstić information content (AvgIpc) is 2.40. The van der Waals surface area contributed by atoms with Crippen LogP contribution in [0, 0.1) is 5.92 Å². The molecule has 18 heavy (non-hydrogen) atoms. The molecule has 1 aromatic heterocycles. The van der Waals surface area contributed by atoms with Gasteiger partial charge in [-0.1, -0.05) is 26.3 Å². The lowest BCUT2D eigenvalue weighted by Gasteiger charge is -2.28. The lowest BCUT2D eigenvalue weighted by molar-refractivity contribution is 0.0977. The Bertz CT molecular complexity index is 367. The van der Waals surface area contributed by atoms with Crippen molar-refractivity contribution >= 4 is 5.82 Å². The van der Waals surface area contributed by atoms with E-state index >= 15 is 0 Å². The molecule has 100 valence electrons. The first kappa shape index (κ1) is 13.2. The first-order chi connectivity index (χ1) is 8.79. The van der Waals surface area contributed by atoms with Gasteiger partial charge in [0.2, 0.25) is 5.88 Å². The number of pyridine rings is 1. The highest BCUT2D eigenvalue weighted by Gasteiger charge is 2.23. The van der Waals surface area contributed by atoms with Gasteiger partial charge in [-0.3, -0.25) is 0 Å². The highest BCUT2D eigenvalue weighted by molar-refractivity contribution is 5.36. The molecule has 0 aliphatic heterocycles. The maximum absolute atomic E-state index is 6.04. The molecule has 1 fully saturated rings. The van der Waals surface area contributed by atoms with E-state index < -0.39 is 0 Å². The van der Waals surface area contributed by atoms with Crippen LogP contribution in [0.1, 0.15) is 46.0 Å². The molecule has 0 spiro atoms. The van der Waals surface area contributed by atoms with Crippen LogP contribution in [0.3, 0.4) is 0 Å². The van der Waals surface area contributed by atoms with E-state index in [4.69, 9.17) is 4.74 Å². The van der Waals surface area contributed by atoms with E-state index in [1.54, 1.807) is 0 Å². The molecule has 2 atom stereocenters. The lowest BCUT2D eigenvalue weighted by Crippen LogP contribution is -2.28. The molecular weight excluding hydrogens is 224 g/mol. The highest BCUT2D eigenvalue weighted by Crippen LogP contribution is 2.27. The molecule has 1 aromatic rings. The highest BCUT2D eigenvalue weighted by atomic mass is 16.5. The molecule has 0 amide bonds. The summed E-state index contributed by atoms with van der Waals surface area (Å²) in [6.07, 6.45) is 6.50. The molecule has 0 saturated heterocycles. The Balaban J connectivity index is 1.95. The van der Waals surface area contributed by atoms with E-state index in [-0.39, 0.29) is 0 Å². The van der Waals surface area contributed by atoms with E-state index in [0.717, 1.165) is 31.1 Å². The first-order valence-electron chi connectivity index (χ1n) is 7.17. The monoisotopic (exact) mass is 248 g/mol. The summed E-state index contributed by atoms with van der Waals surface area (Å²) in [6.45, 7) is 5.39. The Hall–Kier alpha value is -1.25. The van der Waals surface area contributed by atoms with Gasteiger partial charge < -0.3 is 10.1 Å². The Morgan fingerprint density at radius 1 is 1.33 bits per heavy atom. The summed E-state index contributed by atoms with van der Waals surface area (Å²) < 4.78 is 6.04. The number of anilines is 1. The summed E-state index contributed by atoms with van der Waals surface area (Å²) >= 11 is 0. The van der Waals surface area contributed by atoms with Crippen LogP contribution >= 0.6 is 0 Å². The first-order valence-corrected chi connectivity index (χ1v) is 7.17. The fraction of sp³-hybridized carbons (Fsp3) is 0.667. The van der Waals surface area contributed by atoms with Gasteiger partial charge >= 0.3 is 0 Å². The molecule has 3 nitrogen and oxygen atoms in total. The number of aromatic nitrogens is 1. The van der Waals surface area contributed by atoms with E-state index in [9.17, 15) is 0 Å². The number of nitrogens with zero attached hydrogens (tertiary/aromatic N) is 1. The van der Waals surface area contributed by atoms with Crippen molar-refractivity contribution in [1.29, 1.82) is 0 Å². The number of hydrogen-bond donors (Lipinski definition) is 1. The summed E-state index contributed by atoms with van der Waals surface area (Å²) in [7, 11) is 0. The van der Waals surface area contributed by atoms with Crippen LogP contribution in [-0.4, -0.2) is 17.6 Å². The lowest BCUT2D eigenvalue weighted by atomic mass is 9.88. The molecule has 3 heteroatoms. The average molecular weight is 248 g/mol. The van der Waals surface area contributed by atoms with Crippen molar-refractivity contribution in [3.05, 3.63) is 18.2 Å². The number of ether oxygens (including phenoxy) is 1. The zero-order valence-electron chi connectivity index (χ0n) is 11.5. The zero-order valence-corrected chi connectivity index (χ0v) is 11.5. The van der Waals surface area contributed by atoms with Crippen LogP contribution in [-0.2, 0) is 0 Å². The van der Waals surface area contributed by atoms with E-state index in [1.165, 1.54) is 19.3 Å². The second kappa shape index (κ2) is 6.62. The minimum atomic E-state index is 0.340. The summed E-state index contributed by atoms with van der Waals surface area (Å²) in [6, 6.07) is 5.96. The fourth-order valence-electron chi connectivity index (χ4n) is 2.44. The van der Waals surface area contributed by atoms with Crippen molar-refractivity contribution in [1.82, 2.24) is 4.98 Å². The summed E-state index contributed by atoms with van der Waals surface area (Å²) in [5.74, 6) is 2.32. The Morgan fingerprint density at radius 3 is 2.94 bits per heavy atom. The van der Waals surface area contributed by atoms with Crippen molar-refractivity contribution in [2.45, 2.75) is 52.1 Å². The van der Waals surface area contributed by atoms with Crippen molar-refractivity contribution in [2.75, 3.05) is 11.9 Å².